The molecule has 5 rings (SSSR count). The lowest BCUT2D eigenvalue weighted by atomic mass is 9.45. The molecule has 5 aliphatic carbocycles. The molecule has 2 heteroatoms. The summed E-state index contributed by atoms with van der Waals surface area (Å²) in [6, 6.07) is 0. The number of hydrogen-bond donors (Lipinski definition) is 0. The molecule has 5 aliphatic rings. The maximum absolute atomic E-state index is 12.3. The second kappa shape index (κ2) is 4.67. The van der Waals surface area contributed by atoms with Crippen LogP contribution in [0.5, 0.6) is 0 Å². The van der Waals surface area contributed by atoms with Crippen LogP contribution in [0.1, 0.15) is 72.1 Å². The quantitative estimate of drug-likeness (QED) is 0.723. The third-order valence-electron chi connectivity index (χ3n) is 10.3. The van der Waals surface area contributed by atoms with Gasteiger partial charge < -0.3 is 4.74 Å². The summed E-state index contributed by atoms with van der Waals surface area (Å²) in [4.78, 5) is 12.3. The number of ketones is 1. The lowest BCUT2D eigenvalue weighted by Gasteiger charge is -2.60. The number of rotatable bonds is 2. The molecule has 0 aromatic carbocycles. The molecular formula is C22H34O2. The Morgan fingerprint density at radius 2 is 1.83 bits per heavy atom. The third kappa shape index (κ3) is 1.57. The van der Waals surface area contributed by atoms with Gasteiger partial charge in [0.2, 0.25) is 0 Å². The topological polar surface area (TPSA) is 26.3 Å². The Kier molecular flexibility index (Phi) is 3.08. The van der Waals surface area contributed by atoms with Crippen molar-refractivity contribution < 1.29 is 9.53 Å². The zero-order chi connectivity index (χ0) is 16.9. The number of hydrogen-bond acceptors (Lipinski definition) is 2. The van der Waals surface area contributed by atoms with Crippen molar-refractivity contribution in [1.29, 1.82) is 0 Å². The number of fused-ring (bicyclic) bond motifs is 4. The molecule has 5 fully saturated rings. The van der Waals surface area contributed by atoms with Crippen molar-refractivity contribution in [3.63, 3.8) is 0 Å². The highest BCUT2D eigenvalue weighted by Crippen LogP contribution is 2.82. The van der Waals surface area contributed by atoms with Gasteiger partial charge in [-0.05, 0) is 92.8 Å². The molecule has 5 saturated carbocycles. The van der Waals surface area contributed by atoms with Gasteiger partial charge in [0.15, 0.2) is 0 Å². The van der Waals surface area contributed by atoms with Crippen molar-refractivity contribution in [2.24, 2.45) is 45.8 Å². The minimum atomic E-state index is 0.272. The predicted molar refractivity (Wildman–Crippen MR) is 94.5 cm³/mol. The van der Waals surface area contributed by atoms with E-state index >= 15 is 0 Å². The van der Waals surface area contributed by atoms with E-state index < -0.39 is 0 Å². The molecule has 24 heavy (non-hydrogen) atoms. The minimum Gasteiger partial charge on any atom is -0.381 e. The van der Waals surface area contributed by atoms with Crippen molar-refractivity contribution in [1.82, 2.24) is 0 Å². The summed E-state index contributed by atoms with van der Waals surface area (Å²) in [6.07, 6.45) is 11.1. The fourth-order valence-electron chi connectivity index (χ4n) is 9.25. The van der Waals surface area contributed by atoms with Gasteiger partial charge >= 0.3 is 0 Å². The first-order valence-corrected chi connectivity index (χ1v) is 10.4. The van der Waals surface area contributed by atoms with E-state index in [0.29, 0.717) is 28.6 Å². The lowest BCUT2D eigenvalue weighted by molar-refractivity contribution is -0.161. The Balaban J connectivity index is 1.53. The zero-order valence-corrected chi connectivity index (χ0v) is 15.9. The van der Waals surface area contributed by atoms with Crippen LogP contribution in [0.2, 0.25) is 0 Å². The van der Waals surface area contributed by atoms with E-state index in [0.717, 1.165) is 30.1 Å². The smallest absolute Gasteiger partial charge is 0.133 e. The van der Waals surface area contributed by atoms with E-state index in [1.807, 2.05) is 14.0 Å². The monoisotopic (exact) mass is 330 g/mol. The van der Waals surface area contributed by atoms with Gasteiger partial charge in [0.05, 0.1) is 6.10 Å². The first kappa shape index (κ1) is 15.9. The van der Waals surface area contributed by atoms with Gasteiger partial charge in [0.25, 0.3) is 0 Å². The Hall–Kier alpha value is -0.370. The van der Waals surface area contributed by atoms with Gasteiger partial charge in [-0.25, -0.2) is 0 Å². The zero-order valence-electron chi connectivity index (χ0n) is 15.9. The van der Waals surface area contributed by atoms with E-state index in [-0.39, 0.29) is 5.41 Å². The van der Waals surface area contributed by atoms with Crippen molar-refractivity contribution in [2.45, 2.75) is 78.2 Å². The minimum absolute atomic E-state index is 0.272. The van der Waals surface area contributed by atoms with Crippen LogP contribution in [-0.4, -0.2) is 19.0 Å². The van der Waals surface area contributed by atoms with Crippen molar-refractivity contribution in [2.75, 3.05) is 7.11 Å². The van der Waals surface area contributed by atoms with Crippen LogP contribution in [0, 0.1) is 45.8 Å². The van der Waals surface area contributed by atoms with Gasteiger partial charge in [-0.2, -0.15) is 0 Å². The largest absolute Gasteiger partial charge is 0.381 e. The molecule has 134 valence electrons. The molecule has 1 unspecified atom stereocenters. The summed E-state index contributed by atoms with van der Waals surface area (Å²) in [7, 11) is 1.96. The first-order valence-electron chi connectivity index (χ1n) is 10.4. The molecule has 0 saturated heterocycles. The summed E-state index contributed by atoms with van der Waals surface area (Å²) in [6.45, 7) is 6.92. The molecule has 0 aromatic rings. The molecule has 0 N–H and O–H groups in total. The second-order valence-electron chi connectivity index (χ2n) is 10.5. The van der Waals surface area contributed by atoms with Gasteiger partial charge in [-0.15, -0.1) is 0 Å². The van der Waals surface area contributed by atoms with E-state index in [2.05, 4.69) is 13.8 Å². The van der Waals surface area contributed by atoms with Crippen LogP contribution in [0.4, 0.5) is 0 Å². The highest BCUT2D eigenvalue weighted by Gasteiger charge is 2.77. The average molecular weight is 331 g/mol. The first-order chi connectivity index (χ1) is 11.4. The van der Waals surface area contributed by atoms with E-state index in [1.54, 1.807) is 0 Å². The van der Waals surface area contributed by atoms with Gasteiger partial charge in [-0.1, -0.05) is 13.8 Å². The molecule has 9 atom stereocenters. The summed E-state index contributed by atoms with van der Waals surface area (Å²) in [5.41, 5.74) is 1.31. The van der Waals surface area contributed by atoms with Crippen LogP contribution >= 0.6 is 0 Å². The molecule has 2 nitrogen and oxygen atoms in total. The summed E-state index contributed by atoms with van der Waals surface area (Å²) < 4.78 is 6.15. The van der Waals surface area contributed by atoms with Crippen LogP contribution in [0.25, 0.3) is 0 Å². The number of carbonyl (C=O) groups is 1. The maximum atomic E-state index is 12.3. The molecule has 0 aliphatic heterocycles. The van der Waals surface area contributed by atoms with Crippen LogP contribution in [-0.2, 0) is 9.53 Å². The van der Waals surface area contributed by atoms with Crippen LogP contribution < -0.4 is 0 Å². The Labute approximate surface area is 147 Å². The van der Waals surface area contributed by atoms with Crippen molar-refractivity contribution in [3.05, 3.63) is 0 Å². The lowest BCUT2D eigenvalue weighted by Crippen LogP contribution is -2.57. The van der Waals surface area contributed by atoms with E-state index in [9.17, 15) is 4.79 Å². The highest BCUT2D eigenvalue weighted by atomic mass is 16.5. The molecule has 0 heterocycles. The second-order valence-corrected chi connectivity index (χ2v) is 10.5. The number of carbonyl (C=O) groups excluding carboxylic acids is 1. The molecule has 0 radical (unpaired) electrons. The van der Waals surface area contributed by atoms with Crippen molar-refractivity contribution in [3.8, 4) is 0 Å². The Morgan fingerprint density at radius 1 is 1.04 bits per heavy atom. The standard InChI is InChI=1S/C22H34O2/c1-13(23)16-5-6-17-15-11-19(24-4)22-12-14(22)7-10-21(22,3)18(15)8-9-20(16,17)2/h14-19H,5-12H2,1-4H3/t14-,15-,16+,17-,18-,19+,20+,21+,22?/m0/s1. The summed E-state index contributed by atoms with van der Waals surface area (Å²) in [5.74, 6) is 4.17. The number of ether oxygens (including phenoxy) is 1. The van der Waals surface area contributed by atoms with E-state index in [4.69, 9.17) is 4.74 Å². The number of Topliss-reactive ketones (excluding diaryl/α,β-unsaturated/α-hetero) is 1. The number of methoxy groups -OCH3 is 1. The molecule has 0 aromatic heterocycles. The fraction of sp³-hybridized carbons (Fsp3) is 0.955. The molecule has 0 amide bonds. The summed E-state index contributed by atoms with van der Waals surface area (Å²) >= 11 is 0. The fourth-order valence-corrected chi connectivity index (χ4v) is 9.25. The van der Waals surface area contributed by atoms with Gasteiger partial charge in [0, 0.05) is 18.4 Å². The third-order valence-corrected chi connectivity index (χ3v) is 10.3. The van der Waals surface area contributed by atoms with E-state index in [1.165, 1.54) is 44.9 Å². The van der Waals surface area contributed by atoms with Gasteiger partial charge in [-0.3, -0.25) is 4.79 Å². The van der Waals surface area contributed by atoms with Crippen LogP contribution in [0.3, 0.4) is 0 Å². The average Bonchev–Trinajstić information content (AvgIpc) is 3.04. The van der Waals surface area contributed by atoms with Crippen molar-refractivity contribution >= 4 is 5.78 Å². The van der Waals surface area contributed by atoms with Gasteiger partial charge in [0.1, 0.15) is 5.78 Å². The predicted octanol–water partition coefficient (Wildman–Crippen LogP) is 4.86. The van der Waals surface area contributed by atoms with Crippen LogP contribution in [0.15, 0.2) is 0 Å². The normalized spacial score (nSPS) is 60.8. The Bertz CT molecular complexity index is 585. The summed E-state index contributed by atoms with van der Waals surface area (Å²) in [5, 5.41) is 0. The SMILES string of the molecule is CO[C@@H]1C[C@H]2[C@@H]3CC[C@H](C(C)=O)[C@@]3(C)CC[C@@H]2[C@@]2(C)CC[C@H]3CC312. The molecular weight excluding hydrogens is 296 g/mol. The Morgan fingerprint density at radius 3 is 2.50 bits per heavy atom. The maximum Gasteiger partial charge on any atom is 0.133 e. The highest BCUT2D eigenvalue weighted by molar-refractivity contribution is 5.79. The molecule has 1 spiro atoms. The molecule has 0 bridgehead atoms.